The molecule has 0 spiro atoms. The molecule has 7 heteroatoms. The lowest BCUT2D eigenvalue weighted by Gasteiger charge is -2.03. The van der Waals surface area contributed by atoms with Gasteiger partial charge >= 0.3 is 5.97 Å². The molecule has 0 amide bonds. The molecule has 0 fully saturated rings. The van der Waals surface area contributed by atoms with Crippen molar-refractivity contribution in [3.8, 4) is 23.0 Å². The number of hydrogen-bond donors (Lipinski definition) is 4. The number of ether oxygens (including phenoxy) is 1. The third-order valence-electron chi connectivity index (χ3n) is 3.05. The van der Waals surface area contributed by atoms with Crippen LogP contribution in [0.5, 0.6) is 23.0 Å². The Morgan fingerprint density at radius 3 is 2.12 bits per heavy atom. The number of phenols is 4. The van der Waals surface area contributed by atoms with Crippen LogP contribution in [0, 0.1) is 0 Å². The number of phenolic OH excluding ortho intramolecular Hbond substituents is 4. The minimum absolute atomic E-state index is 0.0885. The van der Waals surface area contributed by atoms with Crippen LogP contribution in [0.4, 0.5) is 0 Å². The fourth-order valence-electron chi connectivity index (χ4n) is 1.77. The van der Waals surface area contributed by atoms with E-state index in [0.29, 0.717) is 5.56 Å². The fraction of sp³-hybridized carbons (Fsp3) is 0.0588. The van der Waals surface area contributed by atoms with E-state index >= 15 is 0 Å². The average molecular weight is 330 g/mol. The van der Waals surface area contributed by atoms with Crippen molar-refractivity contribution >= 4 is 17.8 Å². The van der Waals surface area contributed by atoms with Crippen LogP contribution in [-0.2, 0) is 9.53 Å². The maximum Gasteiger partial charge on any atom is 0.331 e. The lowest BCUT2D eigenvalue weighted by atomic mass is 10.1. The first-order valence-electron chi connectivity index (χ1n) is 6.79. The molecule has 24 heavy (non-hydrogen) atoms. The number of rotatable bonds is 5. The van der Waals surface area contributed by atoms with Crippen molar-refractivity contribution < 1.29 is 34.8 Å². The average Bonchev–Trinajstić information content (AvgIpc) is 2.56. The van der Waals surface area contributed by atoms with Crippen molar-refractivity contribution in [3.63, 3.8) is 0 Å². The van der Waals surface area contributed by atoms with E-state index in [1.165, 1.54) is 30.3 Å². The van der Waals surface area contributed by atoms with Gasteiger partial charge in [-0.3, -0.25) is 4.79 Å². The predicted octanol–water partition coefficient (Wildman–Crippen LogP) is 1.95. The second kappa shape index (κ2) is 7.19. The summed E-state index contributed by atoms with van der Waals surface area (Å²) in [5.41, 5.74) is 0.544. The first-order chi connectivity index (χ1) is 11.4. The molecule has 0 atom stereocenters. The molecule has 2 aromatic carbocycles. The zero-order valence-electron chi connectivity index (χ0n) is 12.3. The van der Waals surface area contributed by atoms with E-state index in [-0.39, 0.29) is 22.8 Å². The third-order valence-corrected chi connectivity index (χ3v) is 3.05. The summed E-state index contributed by atoms with van der Waals surface area (Å²) in [6, 6.07) is 7.51. The number of carbonyl (C=O) groups is 2. The van der Waals surface area contributed by atoms with Crippen LogP contribution in [0.25, 0.3) is 6.08 Å². The van der Waals surface area contributed by atoms with Gasteiger partial charge in [0.05, 0.1) is 0 Å². The molecule has 124 valence electrons. The topological polar surface area (TPSA) is 124 Å². The molecule has 0 bridgehead atoms. The van der Waals surface area contributed by atoms with E-state index in [0.717, 1.165) is 18.2 Å². The highest BCUT2D eigenvalue weighted by atomic mass is 16.5. The number of hydrogen-bond acceptors (Lipinski definition) is 7. The molecule has 0 saturated heterocycles. The molecule has 0 heterocycles. The molecule has 0 aliphatic carbocycles. The highest BCUT2D eigenvalue weighted by Gasteiger charge is 2.11. The zero-order valence-corrected chi connectivity index (χ0v) is 12.3. The van der Waals surface area contributed by atoms with Crippen LogP contribution < -0.4 is 0 Å². The van der Waals surface area contributed by atoms with Gasteiger partial charge in [0, 0.05) is 11.6 Å². The van der Waals surface area contributed by atoms with Gasteiger partial charge < -0.3 is 25.2 Å². The summed E-state index contributed by atoms with van der Waals surface area (Å²) in [6.07, 6.45) is 2.41. The third kappa shape index (κ3) is 4.26. The van der Waals surface area contributed by atoms with Crippen LogP contribution >= 0.6 is 0 Å². The molecule has 0 saturated carbocycles. The number of aromatic hydroxyl groups is 4. The standard InChI is InChI=1S/C17H14O7/c18-12-4-1-10(7-14(12)20)2-6-17(23)24-9-16(22)11-3-5-13(19)15(21)8-11/h1-8,18-21H,9H2. The molecule has 0 radical (unpaired) electrons. The van der Waals surface area contributed by atoms with Gasteiger partial charge in [0.15, 0.2) is 35.4 Å². The van der Waals surface area contributed by atoms with Crippen molar-refractivity contribution in [2.45, 2.75) is 0 Å². The van der Waals surface area contributed by atoms with Gasteiger partial charge in [-0.15, -0.1) is 0 Å². The minimum atomic E-state index is -0.779. The maximum absolute atomic E-state index is 11.8. The highest BCUT2D eigenvalue weighted by Crippen LogP contribution is 2.26. The molecule has 7 nitrogen and oxygen atoms in total. The van der Waals surface area contributed by atoms with Gasteiger partial charge in [0.25, 0.3) is 0 Å². The first kappa shape index (κ1) is 16.9. The van der Waals surface area contributed by atoms with Gasteiger partial charge in [-0.1, -0.05) is 6.07 Å². The molecular weight excluding hydrogens is 316 g/mol. The largest absolute Gasteiger partial charge is 0.504 e. The Labute approximate surface area is 136 Å². The molecule has 0 aliphatic rings. The lowest BCUT2D eigenvalue weighted by Crippen LogP contribution is -2.12. The molecule has 2 aromatic rings. The van der Waals surface area contributed by atoms with E-state index < -0.39 is 24.1 Å². The van der Waals surface area contributed by atoms with Crippen LogP contribution in [-0.4, -0.2) is 38.8 Å². The summed E-state index contributed by atoms with van der Waals surface area (Å²) < 4.78 is 4.77. The number of Topliss-reactive ketones (excluding diaryl/α,β-unsaturated/α-hetero) is 1. The smallest absolute Gasteiger partial charge is 0.331 e. The van der Waals surface area contributed by atoms with Gasteiger partial charge in [0.1, 0.15) is 0 Å². The second-order valence-corrected chi connectivity index (χ2v) is 4.82. The Balaban J connectivity index is 1.92. The van der Waals surface area contributed by atoms with Crippen molar-refractivity contribution in [2.75, 3.05) is 6.61 Å². The van der Waals surface area contributed by atoms with E-state index in [1.807, 2.05) is 0 Å². The molecule has 2 rings (SSSR count). The summed E-state index contributed by atoms with van der Waals surface area (Å²) in [7, 11) is 0. The zero-order chi connectivity index (χ0) is 17.7. The normalized spacial score (nSPS) is 10.7. The Kier molecular flexibility index (Phi) is 5.06. The maximum atomic E-state index is 11.8. The monoisotopic (exact) mass is 330 g/mol. The number of esters is 1. The van der Waals surface area contributed by atoms with E-state index in [2.05, 4.69) is 0 Å². The van der Waals surface area contributed by atoms with E-state index in [1.54, 1.807) is 0 Å². The summed E-state index contributed by atoms with van der Waals surface area (Å²) in [5.74, 6) is -2.73. The van der Waals surface area contributed by atoms with Gasteiger partial charge in [-0.2, -0.15) is 0 Å². The Hall–Kier alpha value is -3.48. The summed E-state index contributed by atoms with van der Waals surface area (Å²) in [6.45, 7) is -0.534. The Bertz CT molecular complexity index is 809. The second-order valence-electron chi connectivity index (χ2n) is 4.82. The van der Waals surface area contributed by atoms with Gasteiger partial charge in [0.2, 0.25) is 0 Å². The molecule has 4 N–H and O–H groups in total. The van der Waals surface area contributed by atoms with Crippen LogP contribution in [0.3, 0.4) is 0 Å². The Morgan fingerprint density at radius 2 is 1.50 bits per heavy atom. The fourth-order valence-corrected chi connectivity index (χ4v) is 1.77. The van der Waals surface area contributed by atoms with Gasteiger partial charge in [-0.05, 0) is 42.0 Å². The molecular formula is C17H14O7. The molecule has 0 aromatic heterocycles. The number of ketones is 1. The number of benzene rings is 2. The van der Waals surface area contributed by atoms with Crippen LogP contribution in [0.15, 0.2) is 42.5 Å². The van der Waals surface area contributed by atoms with Crippen LogP contribution in [0.1, 0.15) is 15.9 Å². The van der Waals surface area contributed by atoms with Crippen molar-refractivity contribution in [2.24, 2.45) is 0 Å². The molecule has 0 unspecified atom stereocenters. The van der Waals surface area contributed by atoms with Crippen molar-refractivity contribution in [3.05, 3.63) is 53.6 Å². The van der Waals surface area contributed by atoms with E-state index in [4.69, 9.17) is 9.84 Å². The predicted molar refractivity (Wildman–Crippen MR) is 83.9 cm³/mol. The van der Waals surface area contributed by atoms with Crippen molar-refractivity contribution in [1.82, 2.24) is 0 Å². The summed E-state index contributed by atoms with van der Waals surface area (Å²) >= 11 is 0. The minimum Gasteiger partial charge on any atom is -0.504 e. The highest BCUT2D eigenvalue weighted by molar-refractivity contribution is 5.99. The van der Waals surface area contributed by atoms with E-state index in [9.17, 15) is 24.9 Å². The van der Waals surface area contributed by atoms with Crippen LogP contribution in [0.2, 0.25) is 0 Å². The summed E-state index contributed by atoms with van der Waals surface area (Å²) in [4.78, 5) is 23.4. The Morgan fingerprint density at radius 1 is 0.875 bits per heavy atom. The lowest BCUT2D eigenvalue weighted by molar-refractivity contribution is -0.136. The van der Waals surface area contributed by atoms with Crippen molar-refractivity contribution in [1.29, 1.82) is 0 Å². The quantitative estimate of drug-likeness (QED) is 0.286. The SMILES string of the molecule is O=C(C=Cc1ccc(O)c(O)c1)OCC(=O)c1ccc(O)c(O)c1. The van der Waals surface area contributed by atoms with Gasteiger partial charge in [-0.25, -0.2) is 4.79 Å². The molecule has 0 aliphatic heterocycles. The summed E-state index contributed by atoms with van der Waals surface area (Å²) in [5, 5.41) is 37.0. The number of carbonyl (C=O) groups excluding carboxylic acids is 2. The first-order valence-corrected chi connectivity index (χ1v) is 6.79.